The van der Waals surface area contributed by atoms with Crippen molar-refractivity contribution in [2.75, 3.05) is 6.54 Å². The van der Waals surface area contributed by atoms with Crippen LogP contribution in [0.15, 0.2) is 44.2 Å². The summed E-state index contributed by atoms with van der Waals surface area (Å²) in [6, 6.07) is 7.60. The van der Waals surface area contributed by atoms with Gasteiger partial charge in [0.2, 0.25) is 15.9 Å². The van der Waals surface area contributed by atoms with E-state index in [9.17, 15) is 23.6 Å². The maximum atomic E-state index is 12.5. The summed E-state index contributed by atoms with van der Waals surface area (Å²) in [6.07, 6.45) is 1.63. The number of aromatic nitrogens is 1. The molecule has 0 unspecified atom stereocenters. The van der Waals surface area contributed by atoms with Gasteiger partial charge in [0.1, 0.15) is 11.6 Å². The van der Waals surface area contributed by atoms with Crippen LogP contribution < -0.4 is 10.3 Å². The van der Waals surface area contributed by atoms with E-state index in [1.165, 1.54) is 31.2 Å². The lowest BCUT2D eigenvalue weighted by Crippen LogP contribution is -2.24. The molecule has 0 aliphatic heterocycles. The molecule has 0 saturated carbocycles. The largest absolute Gasteiger partial charge is 0.493 e. The maximum Gasteiger partial charge on any atom is 0.281 e. The van der Waals surface area contributed by atoms with Gasteiger partial charge in [-0.05, 0) is 44.5 Å². The number of aromatic hydroxyl groups is 1. The highest BCUT2D eigenvalue weighted by atomic mass is 32.2. The average molecular weight is 417 g/mol. The predicted octanol–water partition coefficient (Wildman–Crippen LogP) is 3.25. The zero-order chi connectivity index (χ0) is 21.6. The summed E-state index contributed by atoms with van der Waals surface area (Å²) < 4.78 is 28.0. The lowest BCUT2D eigenvalue weighted by molar-refractivity contribution is 0.409. The molecule has 0 saturated heterocycles. The SMILES string of the molecule is CCCCNS(=O)(=O)c1ccc(N=Nc2c(C)c(C#N)c(O)n(CC)c2=O)cc1. The van der Waals surface area contributed by atoms with Crippen molar-refractivity contribution in [3.63, 3.8) is 0 Å². The van der Waals surface area contributed by atoms with Gasteiger partial charge in [-0.1, -0.05) is 13.3 Å². The lowest BCUT2D eigenvalue weighted by Gasteiger charge is -2.10. The second-order valence-corrected chi connectivity index (χ2v) is 8.05. The third-order valence-electron chi connectivity index (χ3n) is 4.32. The average Bonchev–Trinajstić information content (AvgIpc) is 2.69. The van der Waals surface area contributed by atoms with Crippen molar-refractivity contribution in [3.05, 3.63) is 45.7 Å². The lowest BCUT2D eigenvalue weighted by atomic mass is 10.1. The van der Waals surface area contributed by atoms with Gasteiger partial charge in [0.15, 0.2) is 5.69 Å². The molecular formula is C19H23N5O4S. The summed E-state index contributed by atoms with van der Waals surface area (Å²) in [7, 11) is -3.59. The molecule has 0 aliphatic carbocycles. The van der Waals surface area contributed by atoms with E-state index < -0.39 is 21.5 Å². The van der Waals surface area contributed by atoms with Gasteiger partial charge in [-0.15, -0.1) is 5.11 Å². The minimum atomic E-state index is -3.59. The summed E-state index contributed by atoms with van der Waals surface area (Å²) in [4.78, 5) is 12.6. The Balaban J connectivity index is 2.34. The highest BCUT2D eigenvalue weighted by molar-refractivity contribution is 7.89. The van der Waals surface area contributed by atoms with Crippen molar-refractivity contribution in [1.82, 2.24) is 9.29 Å². The first-order valence-corrected chi connectivity index (χ1v) is 10.6. The van der Waals surface area contributed by atoms with Gasteiger partial charge in [0, 0.05) is 18.7 Å². The number of nitrogens with zero attached hydrogens (tertiary/aromatic N) is 4. The molecule has 10 heteroatoms. The van der Waals surface area contributed by atoms with Gasteiger partial charge >= 0.3 is 0 Å². The Bertz CT molecular complexity index is 1110. The molecule has 2 rings (SSSR count). The van der Waals surface area contributed by atoms with Gasteiger partial charge in [0.05, 0.1) is 10.6 Å². The molecule has 1 aromatic heterocycles. The molecule has 0 atom stereocenters. The molecule has 1 heterocycles. The Morgan fingerprint density at radius 3 is 2.41 bits per heavy atom. The number of rotatable bonds is 8. The quantitative estimate of drug-likeness (QED) is 0.502. The van der Waals surface area contributed by atoms with Crippen molar-refractivity contribution in [1.29, 1.82) is 5.26 Å². The number of pyridine rings is 1. The number of sulfonamides is 1. The molecule has 0 amide bonds. The van der Waals surface area contributed by atoms with E-state index in [-0.39, 0.29) is 28.3 Å². The van der Waals surface area contributed by atoms with Crippen LogP contribution in [0.4, 0.5) is 11.4 Å². The summed E-state index contributed by atoms with van der Waals surface area (Å²) in [5.74, 6) is -0.401. The van der Waals surface area contributed by atoms with Crippen LogP contribution in [0.25, 0.3) is 0 Å². The maximum absolute atomic E-state index is 12.5. The van der Waals surface area contributed by atoms with E-state index in [2.05, 4.69) is 15.0 Å². The predicted molar refractivity (Wildman–Crippen MR) is 108 cm³/mol. The first kappa shape index (κ1) is 22.3. The molecule has 154 valence electrons. The van der Waals surface area contributed by atoms with E-state index in [1.54, 1.807) is 6.92 Å². The Labute approximate surface area is 169 Å². The smallest absolute Gasteiger partial charge is 0.281 e. The van der Waals surface area contributed by atoms with Gasteiger partial charge in [0.25, 0.3) is 5.56 Å². The fraction of sp³-hybridized carbons (Fsp3) is 0.368. The van der Waals surface area contributed by atoms with Crippen LogP contribution in [0, 0.1) is 18.3 Å². The molecule has 0 radical (unpaired) electrons. The molecule has 0 fully saturated rings. The highest BCUT2D eigenvalue weighted by Crippen LogP contribution is 2.27. The van der Waals surface area contributed by atoms with Gasteiger partial charge < -0.3 is 5.11 Å². The normalized spacial score (nSPS) is 11.7. The zero-order valence-electron chi connectivity index (χ0n) is 16.5. The van der Waals surface area contributed by atoms with Crippen molar-refractivity contribution in [2.45, 2.75) is 45.1 Å². The topological polar surface area (TPSA) is 137 Å². The number of unbranched alkanes of at least 4 members (excludes halogenated alkanes) is 1. The molecule has 0 spiro atoms. The monoisotopic (exact) mass is 417 g/mol. The van der Waals surface area contributed by atoms with Crippen LogP contribution in [0.3, 0.4) is 0 Å². The van der Waals surface area contributed by atoms with Crippen molar-refractivity contribution in [2.24, 2.45) is 10.2 Å². The standard InChI is InChI=1S/C19H23N5O4S/c1-4-6-11-21-29(27,28)15-9-7-14(8-10-15)22-23-17-13(3)16(12-20)18(25)24(5-2)19(17)26/h7-10,21,25H,4-6,11H2,1-3H3. The third-order valence-corrected chi connectivity index (χ3v) is 5.80. The van der Waals surface area contributed by atoms with Gasteiger partial charge in [-0.25, -0.2) is 13.1 Å². The van der Waals surface area contributed by atoms with E-state index in [4.69, 9.17) is 0 Å². The zero-order valence-corrected chi connectivity index (χ0v) is 17.3. The van der Waals surface area contributed by atoms with Crippen molar-refractivity contribution >= 4 is 21.4 Å². The Morgan fingerprint density at radius 2 is 1.86 bits per heavy atom. The number of hydrogen-bond acceptors (Lipinski definition) is 7. The second-order valence-electron chi connectivity index (χ2n) is 6.28. The van der Waals surface area contributed by atoms with Crippen LogP contribution in [0.1, 0.15) is 37.8 Å². The Kier molecular flexibility index (Phi) is 7.25. The summed E-state index contributed by atoms with van der Waals surface area (Å²) in [5, 5.41) is 27.2. The first-order valence-electron chi connectivity index (χ1n) is 9.14. The number of nitriles is 1. The summed E-state index contributed by atoms with van der Waals surface area (Å²) >= 11 is 0. The molecule has 1 aromatic carbocycles. The van der Waals surface area contributed by atoms with Crippen LogP contribution in [0.2, 0.25) is 0 Å². The molecule has 2 N–H and O–H groups in total. The molecule has 9 nitrogen and oxygen atoms in total. The first-order chi connectivity index (χ1) is 13.8. The third kappa shape index (κ3) is 4.88. The Morgan fingerprint density at radius 1 is 1.21 bits per heavy atom. The molecular weight excluding hydrogens is 394 g/mol. The molecule has 0 bridgehead atoms. The van der Waals surface area contributed by atoms with E-state index in [0.29, 0.717) is 12.2 Å². The van der Waals surface area contributed by atoms with Crippen LogP contribution in [-0.4, -0.2) is 24.6 Å². The van der Waals surface area contributed by atoms with Crippen LogP contribution in [-0.2, 0) is 16.6 Å². The van der Waals surface area contributed by atoms with E-state index in [0.717, 1.165) is 17.4 Å². The number of nitrogens with one attached hydrogen (secondary N) is 1. The number of hydrogen-bond donors (Lipinski definition) is 2. The second kappa shape index (κ2) is 9.45. The van der Waals surface area contributed by atoms with Crippen LogP contribution in [0.5, 0.6) is 5.88 Å². The number of azo groups is 1. The molecule has 29 heavy (non-hydrogen) atoms. The van der Waals surface area contributed by atoms with Gasteiger partial charge in [-0.3, -0.25) is 9.36 Å². The van der Waals surface area contributed by atoms with E-state index in [1.807, 2.05) is 13.0 Å². The van der Waals surface area contributed by atoms with Crippen molar-refractivity contribution < 1.29 is 13.5 Å². The summed E-state index contributed by atoms with van der Waals surface area (Å²) in [5.41, 5.74) is -0.0996. The summed E-state index contributed by atoms with van der Waals surface area (Å²) in [6.45, 7) is 5.67. The minimum Gasteiger partial charge on any atom is -0.493 e. The highest BCUT2D eigenvalue weighted by Gasteiger charge is 2.18. The fourth-order valence-corrected chi connectivity index (χ4v) is 3.69. The fourth-order valence-electron chi connectivity index (χ4n) is 2.62. The van der Waals surface area contributed by atoms with E-state index >= 15 is 0 Å². The van der Waals surface area contributed by atoms with Crippen LogP contribution >= 0.6 is 0 Å². The van der Waals surface area contributed by atoms with Gasteiger partial charge in [-0.2, -0.15) is 10.4 Å². The number of benzene rings is 1. The molecule has 0 aliphatic rings. The molecule has 2 aromatic rings. The minimum absolute atomic E-state index is 0.0417. The van der Waals surface area contributed by atoms with Crippen molar-refractivity contribution in [3.8, 4) is 11.9 Å². The Hall–Kier alpha value is -3.03.